The van der Waals surface area contributed by atoms with Crippen LogP contribution in [0.3, 0.4) is 0 Å². The van der Waals surface area contributed by atoms with E-state index in [0.29, 0.717) is 12.0 Å². The molecule has 1 aromatic carbocycles. The minimum atomic E-state index is -1.46. The maximum Gasteiger partial charge on any atom is 0.325 e. The van der Waals surface area contributed by atoms with Crippen molar-refractivity contribution in [3.8, 4) is 0 Å². The van der Waals surface area contributed by atoms with E-state index in [1.165, 1.54) is 6.92 Å². The number of carboxylic acid groups (broad SMARTS) is 2. The van der Waals surface area contributed by atoms with Gasteiger partial charge in [0.05, 0.1) is 13.1 Å². The van der Waals surface area contributed by atoms with Gasteiger partial charge in [0.1, 0.15) is 30.2 Å². The molecule has 282 valence electrons. The summed E-state index contributed by atoms with van der Waals surface area (Å²) in [4.78, 5) is 112. The fraction of sp³-hybridized carbons (Fsp3) is 0.531. The van der Waals surface area contributed by atoms with Crippen molar-refractivity contribution >= 4 is 53.3 Å². The normalized spacial score (nSPS) is 14.2. The number of carbonyl (C=O) groups excluding carboxylic acids is 7. The summed E-state index contributed by atoms with van der Waals surface area (Å²) in [7, 11) is 0. The zero-order valence-corrected chi connectivity index (χ0v) is 28.7. The molecular weight excluding hydrogens is 672 g/mol. The van der Waals surface area contributed by atoms with Crippen molar-refractivity contribution < 1.29 is 53.4 Å². The van der Waals surface area contributed by atoms with E-state index in [1.807, 2.05) is 0 Å². The lowest BCUT2D eigenvalue weighted by Gasteiger charge is -2.29. The van der Waals surface area contributed by atoms with Gasteiger partial charge in [-0.25, -0.2) is 0 Å². The molecule has 0 aromatic heterocycles. The molecule has 0 aliphatic carbocycles. The Kier molecular flexibility index (Phi) is 18.9. The number of hydrogen-bond donors (Lipinski definition) is 10. The molecule has 51 heavy (non-hydrogen) atoms. The molecule has 7 amide bonds. The van der Waals surface area contributed by atoms with Crippen LogP contribution in [-0.4, -0.2) is 107 Å². The Bertz CT molecular complexity index is 1410. The standard InChI is InChI=1S/C32H48N8O11/c1-4-17(2)27(40-30(48)20(11-13-26(44)45)37-24(42)15-33)31(49)38-21(10-12-23(34)41)29(47)39-22(14-19-8-6-5-7-9-19)28(46)35-16-25(43)36-18(3)32(50)51/h5-9,17-18,20-22,27H,4,10-16,33H2,1-3H3,(H2,34,41)(H,35,46)(H,36,43)(H,37,42)(H,38,49)(H,39,47)(H,40,48)(H,44,45)(H,50,51)/t17-,18-,20-,21-,22-,27-/m0/s1. The maximum atomic E-state index is 13.6. The topological polar surface area (TPSA) is 318 Å². The van der Waals surface area contributed by atoms with Crippen molar-refractivity contribution in [3.63, 3.8) is 0 Å². The quantitative estimate of drug-likeness (QED) is 0.0541. The minimum Gasteiger partial charge on any atom is -0.481 e. The molecule has 0 heterocycles. The van der Waals surface area contributed by atoms with Crippen LogP contribution in [0.2, 0.25) is 0 Å². The van der Waals surface area contributed by atoms with Crippen LogP contribution in [0.4, 0.5) is 0 Å². The first-order valence-corrected chi connectivity index (χ1v) is 16.2. The van der Waals surface area contributed by atoms with Crippen LogP contribution in [0.25, 0.3) is 0 Å². The molecule has 0 unspecified atom stereocenters. The molecule has 0 bridgehead atoms. The summed E-state index contributed by atoms with van der Waals surface area (Å²) in [6, 6.07) is 1.82. The Morgan fingerprint density at radius 3 is 1.82 bits per heavy atom. The summed E-state index contributed by atoms with van der Waals surface area (Å²) < 4.78 is 0. The highest BCUT2D eigenvalue weighted by Gasteiger charge is 2.34. The van der Waals surface area contributed by atoms with Crippen molar-refractivity contribution in [1.29, 1.82) is 0 Å². The van der Waals surface area contributed by atoms with Gasteiger partial charge < -0.3 is 53.6 Å². The van der Waals surface area contributed by atoms with Crippen molar-refractivity contribution in [2.45, 2.75) is 89.5 Å². The second-order valence-corrected chi connectivity index (χ2v) is 11.8. The summed E-state index contributed by atoms with van der Waals surface area (Å²) in [6.45, 7) is 3.48. The second-order valence-electron chi connectivity index (χ2n) is 11.8. The number of hydrogen-bond acceptors (Lipinski definition) is 10. The Hall–Kier alpha value is -5.59. The van der Waals surface area contributed by atoms with E-state index in [2.05, 4.69) is 31.9 Å². The first-order chi connectivity index (χ1) is 24.0. The van der Waals surface area contributed by atoms with Gasteiger partial charge in [-0.05, 0) is 31.2 Å². The molecule has 0 spiro atoms. The lowest BCUT2D eigenvalue weighted by molar-refractivity contribution is -0.141. The minimum absolute atomic E-state index is 0.0696. The predicted octanol–water partition coefficient (Wildman–Crippen LogP) is -2.99. The SMILES string of the molecule is CC[C@H](C)[C@H](NC(=O)[C@H](CCC(=O)O)NC(=O)CN)C(=O)N[C@@H](CCC(N)=O)C(=O)N[C@@H](Cc1ccccc1)C(=O)NCC(=O)N[C@@H](C)C(=O)O. The van der Waals surface area contributed by atoms with Gasteiger partial charge in [0.25, 0.3) is 0 Å². The molecule has 1 rings (SSSR count). The van der Waals surface area contributed by atoms with Crippen LogP contribution < -0.4 is 43.4 Å². The first-order valence-electron chi connectivity index (χ1n) is 16.2. The Morgan fingerprint density at radius 1 is 0.706 bits per heavy atom. The van der Waals surface area contributed by atoms with Gasteiger partial charge >= 0.3 is 11.9 Å². The monoisotopic (exact) mass is 720 g/mol. The third-order valence-electron chi connectivity index (χ3n) is 7.68. The molecule has 1 aromatic rings. The summed E-state index contributed by atoms with van der Waals surface area (Å²) in [5, 5.41) is 32.5. The third kappa shape index (κ3) is 16.6. The number of rotatable bonds is 23. The van der Waals surface area contributed by atoms with E-state index in [-0.39, 0.29) is 25.7 Å². The number of nitrogens with one attached hydrogen (secondary N) is 6. The Balaban J connectivity index is 3.29. The molecule has 0 aliphatic heterocycles. The van der Waals surface area contributed by atoms with Crippen molar-refractivity contribution in [2.24, 2.45) is 17.4 Å². The highest BCUT2D eigenvalue weighted by molar-refractivity contribution is 5.96. The summed E-state index contributed by atoms with van der Waals surface area (Å²) >= 11 is 0. The van der Waals surface area contributed by atoms with Gasteiger partial charge in [-0.2, -0.15) is 0 Å². The van der Waals surface area contributed by atoms with Gasteiger partial charge in [0, 0.05) is 19.3 Å². The van der Waals surface area contributed by atoms with E-state index in [0.717, 1.165) is 0 Å². The Labute approximate surface area is 294 Å². The molecule has 0 saturated carbocycles. The van der Waals surface area contributed by atoms with Gasteiger partial charge in [-0.1, -0.05) is 50.6 Å². The molecule has 0 fully saturated rings. The third-order valence-corrected chi connectivity index (χ3v) is 7.68. The number of primary amides is 1. The largest absolute Gasteiger partial charge is 0.481 e. The zero-order chi connectivity index (χ0) is 38.7. The van der Waals surface area contributed by atoms with E-state index in [9.17, 15) is 43.2 Å². The van der Waals surface area contributed by atoms with Gasteiger partial charge in [0.2, 0.25) is 41.4 Å². The number of amides is 7. The highest BCUT2D eigenvalue weighted by Crippen LogP contribution is 2.12. The molecule has 0 radical (unpaired) electrons. The van der Waals surface area contributed by atoms with Crippen molar-refractivity contribution in [2.75, 3.05) is 13.1 Å². The summed E-state index contributed by atoms with van der Waals surface area (Å²) in [6.07, 6.45) is -1.18. The number of aliphatic carboxylic acids is 2. The van der Waals surface area contributed by atoms with Gasteiger partial charge in [-0.3, -0.25) is 43.2 Å². The number of carbonyl (C=O) groups is 9. The van der Waals surface area contributed by atoms with E-state index >= 15 is 0 Å². The van der Waals surface area contributed by atoms with Crippen molar-refractivity contribution in [1.82, 2.24) is 31.9 Å². The molecule has 0 aliphatic rings. The fourth-order valence-corrected chi connectivity index (χ4v) is 4.54. The molecular formula is C32H48N8O11. The highest BCUT2D eigenvalue weighted by atomic mass is 16.4. The van der Waals surface area contributed by atoms with Crippen LogP contribution in [0.5, 0.6) is 0 Å². The number of benzene rings is 1. The zero-order valence-electron chi connectivity index (χ0n) is 28.7. The van der Waals surface area contributed by atoms with Crippen LogP contribution >= 0.6 is 0 Å². The average Bonchev–Trinajstić information content (AvgIpc) is 3.08. The maximum absolute atomic E-state index is 13.6. The Morgan fingerprint density at radius 2 is 1.27 bits per heavy atom. The van der Waals surface area contributed by atoms with E-state index < -0.39 is 109 Å². The molecule has 12 N–H and O–H groups in total. The first kappa shape index (κ1) is 43.4. The summed E-state index contributed by atoms with van der Waals surface area (Å²) in [5.74, 6) is -8.88. The van der Waals surface area contributed by atoms with Crippen LogP contribution in [0.1, 0.15) is 58.4 Å². The smallest absolute Gasteiger partial charge is 0.325 e. The second kappa shape index (κ2) is 22.2. The van der Waals surface area contributed by atoms with Gasteiger partial charge in [0.15, 0.2) is 0 Å². The molecule has 19 heteroatoms. The molecule has 19 nitrogen and oxygen atoms in total. The van der Waals surface area contributed by atoms with Gasteiger partial charge in [-0.15, -0.1) is 0 Å². The lowest BCUT2D eigenvalue weighted by atomic mass is 9.96. The summed E-state index contributed by atoms with van der Waals surface area (Å²) in [5.41, 5.74) is 11.2. The predicted molar refractivity (Wildman–Crippen MR) is 180 cm³/mol. The number of carboxylic acids is 2. The number of nitrogens with two attached hydrogens (primary N) is 2. The molecule has 6 atom stereocenters. The fourth-order valence-electron chi connectivity index (χ4n) is 4.54. The van der Waals surface area contributed by atoms with E-state index in [4.69, 9.17) is 21.7 Å². The van der Waals surface area contributed by atoms with Crippen LogP contribution in [-0.2, 0) is 49.6 Å². The van der Waals surface area contributed by atoms with Crippen molar-refractivity contribution in [3.05, 3.63) is 35.9 Å². The van der Waals surface area contributed by atoms with Crippen LogP contribution in [0, 0.1) is 5.92 Å². The van der Waals surface area contributed by atoms with E-state index in [1.54, 1.807) is 44.2 Å². The molecule has 0 saturated heterocycles. The average molecular weight is 721 g/mol. The lowest BCUT2D eigenvalue weighted by Crippen LogP contribution is -2.60. The van der Waals surface area contributed by atoms with Crippen LogP contribution in [0.15, 0.2) is 30.3 Å².